The molecule has 4 atom stereocenters. The Labute approximate surface area is 229 Å². The van der Waals surface area contributed by atoms with E-state index in [9.17, 15) is 24.9 Å². The predicted molar refractivity (Wildman–Crippen MR) is 143 cm³/mol. The van der Waals surface area contributed by atoms with Crippen LogP contribution >= 0.6 is 0 Å². The molecule has 2 heterocycles. The van der Waals surface area contributed by atoms with Crippen LogP contribution in [-0.4, -0.2) is 115 Å². The van der Waals surface area contributed by atoms with Gasteiger partial charge in [-0.3, -0.25) is 14.5 Å². The third-order valence-electron chi connectivity index (χ3n) is 7.68. The zero-order valence-corrected chi connectivity index (χ0v) is 22.8. The number of nitrogens with zero attached hydrogens (tertiary/aromatic N) is 2. The van der Waals surface area contributed by atoms with E-state index in [0.29, 0.717) is 60.9 Å². The number of fused-ring (bicyclic) bond motifs is 3. The number of ether oxygens (including phenoxy) is 3. The monoisotopic (exact) mass is 547 g/mol. The molecule has 0 radical (unpaired) electrons. The number of rotatable bonds is 12. The Balaban J connectivity index is 1.72. The van der Waals surface area contributed by atoms with Crippen LogP contribution in [0.2, 0.25) is 0 Å². The van der Waals surface area contributed by atoms with Crippen molar-refractivity contribution >= 4 is 11.8 Å². The van der Waals surface area contributed by atoms with Crippen molar-refractivity contribution in [2.24, 2.45) is 0 Å². The van der Waals surface area contributed by atoms with Gasteiger partial charge in [0.15, 0.2) is 11.5 Å². The Kier molecular flexibility index (Phi) is 10.2. The van der Waals surface area contributed by atoms with E-state index in [2.05, 4.69) is 10.2 Å². The molecule has 4 rings (SSSR count). The van der Waals surface area contributed by atoms with Gasteiger partial charge in [-0.05, 0) is 30.2 Å². The number of amides is 2. The summed E-state index contributed by atoms with van der Waals surface area (Å²) in [6.45, 7) is 5.44. The molecule has 1 aromatic carbocycles. The van der Waals surface area contributed by atoms with Crippen LogP contribution in [0.25, 0.3) is 0 Å². The number of nitrogens with one attached hydrogen (secondary N) is 1. The fraction of sp³-hybridized carbons (Fsp3) is 0.643. The number of carbonyl (C=O) groups is 2. The molecule has 0 unspecified atom stereocenters. The van der Waals surface area contributed by atoms with Gasteiger partial charge in [0.25, 0.3) is 0 Å². The third-order valence-corrected chi connectivity index (χ3v) is 7.68. The van der Waals surface area contributed by atoms with Crippen LogP contribution < -0.4 is 14.8 Å². The summed E-state index contributed by atoms with van der Waals surface area (Å²) < 4.78 is 17.2. The summed E-state index contributed by atoms with van der Waals surface area (Å²) in [6.07, 6.45) is 1.63. The average Bonchev–Trinajstić information content (AvgIpc) is 3.35. The van der Waals surface area contributed by atoms with E-state index in [4.69, 9.17) is 14.2 Å². The van der Waals surface area contributed by atoms with Gasteiger partial charge in [0.1, 0.15) is 12.2 Å². The summed E-state index contributed by atoms with van der Waals surface area (Å²) >= 11 is 0. The van der Waals surface area contributed by atoms with E-state index < -0.39 is 30.1 Å². The van der Waals surface area contributed by atoms with Gasteiger partial charge in [-0.25, -0.2) is 0 Å². The largest absolute Gasteiger partial charge is 0.493 e. The van der Waals surface area contributed by atoms with Gasteiger partial charge in [-0.1, -0.05) is 13.3 Å². The highest BCUT2D eigenvalue weighted by Crippen LogP contribution is 2.51. The lowest BCUT2D eigenvalue weighted by atomic mass is 9.77. The lowest BCUT2D eigenvalue weighted by molar-refractivity contribution is -0.137. The second-order valence-corrected chi connectivity index (χ2v) is 10.2. The molecule has 0 spiro atoms. The number of benzene rings is 1. The van der Waals surface area contributed by atoms with Gasteiger partial charge in [-0.15, -0.1) is 0 Å². The van der Waals surface area contributed by atoms with E-state index in [-0.39, 0.29) is 25.7 Å². The van der Waals surface area contributed by atoms with Crippen LogP contribution in [0.3, 0.4) is 0 Å². The maximum Gasteiger partial charge on any atom is 0.247 e. The maximum atomic E-state index is 13.5. The first-order valence-electron chi connectivity index (χ1n) is 13.8. The smallest absolute Gasteiger partial charge is 0.247 e. The zero-order valence-electron chi connectivity index (χ0n) is 22.8. The van der Waals surface area contributed by atoms with Crippen molar-refractivity contribution in [1.82, 2.24) is 15.1 Å². The Morgan fingerprint density at radius 2 is 2.00 bits per heavy atom. The highest BCUT2D eigenvalue weighted by atomic mass is 16.5. The SMILES string of the molecule is CCCCC(=O)N(CCN1CCOCC1)[C@@H]1C=C(C(=O)NCCO)[C@@H]2c3cc(CO)cc(OC)c3O[C@@H]2[C@H]1O. The summed E-state index contributed by atoms with van der Waals surface area (Å²) in [5.74, 6) is -0.336. The minimum absolute atomic E-state index is 0.0602. The Morgan fingerprint density at radius 1 is 1.23 bits per heavy atom. The van der Waals surface area contributed by atoms with Gasteiger partial charge < -0.3 is 39.7 Å². The summed E-state index contributed by atoms with van der Waals surface area (Å²) in [5.41, 5.74) is 1.56. The van der Waals surface area contributed by atoms with Gasteiger partial charge in [0.05, 0.1) is 45.5 Å². The van der Waals surface area contributed by atoms with Crippen LogP contribution in [0.1, 0.15) is 43.2 Å². The van der Waals surface area contributed by atoms with Gasteiger partial charge in [-0.2, -0.15) is 0 Å². The summed E-state index contributed by atoms with van der Waals surface area (Å²) in [7, 11) is 1.49. The van der Waals surface area contributed by atoms with Crippen LogP contribution in [0, 0.1) is 0 Å². The first-order chi connectivity index (χ1) is 18.9. The quantitative estimate of drug-likeness (QED) is 0.288. The summed E-state index contributed by atoms with van der Waals surface area (Å²) in [6, 6.07) is 2.63. The predicted octanol–water partition coefficient (Wildman–Crippen LogP) is 0.161. The van der Waals surface area contributed by atoms with E-state index in [0.717, 1.165) is 25.9 Å². The minimum atomic E-state index is -1.12. The number of hydrogen-bond acceptors (Lipinski definition) is 9. The number of carbonyl (C=O) groups excluding carboxylic acids is 2. The third kappa shape index (κ3) is 6.38. The molecule has 3 aliphatic rings. The van der Waals surface area contributed by atoms with Crippen molar-refractivity contribution in [3.8, 4) is 11.5 Å². The minimum Gasteiger partial charge on any atom is -0.493 e. The normalized spacial score (nSPS) is 24.3. The molecule has 216 valence electrons. The van der Waals surface area contributed by atoms with Crippen molar-refractivity contribution in [2.45, 2.75) is 57.0 Å². The zero-order chi connectivity index (χ0) is 27.9. The second-order valence-electron chi connectivity index (χ2n) is 10.2. The molecule has 1 aromatic rings. The fourth-order valence-electron chi connectivity index (χ4n) is 5.60. The summed E-state index contributed by atoms with van der Waals surface area (Å²) in [4.78, 5) is 30.8. The van der Waals surface area contributed by atoms with Crippen LogP contribution in [0.15, 0.2) is 23.8 Å². The highest BCUT2D eigenvalue weighted by Gasteiger charge is 2.51. The lowest BCUT2D eigenvalue weighted by Crippen LogP contribution is -2.57. The first kappa shape index (κ1) is 29.3. The van der Waals surface area contributed by atoms with Crippen LogP contribution in [-0.2, 0) is 20.9 Å². The molecule has 39 heavy (non-hydrogen) atoms. The molecule has 1 saturated heterocycles. The van der Waals surface area contributed by atoms with Crippen LogP contribution in [0.4, 0.5) is 0 Å². The molecular weight excluding hydrogens is 506 g/mol. The molecule has 4 N–H and O–H groups in total. The van der Waals surface area contributed by atoms with Gasteiger partial charge >= 0.3 is 0 Å². The number of methoxy groups -OCH3 is 1. The number of aliphatic hydroxyl groups is 3. The molecule has 1 aliphatic carbocycles. The van der Waals surface area contributed by atoms with Gasteiger partial charge in [0.2, 0.25) is 11.8 Å². The van der Waals surface area contributed by atoms with Crippen LogP contribution in [0.5, 0.6) is 11.5 Å². The van der Waals surface area contributed by atoms with Crippen molar-refractivity contribution < 1.29 is 39.1 Å². The Morgan fingerprint density at radius 3 is 2.67 bits per heavy atom. The molecule has 2 aliphatic heterocycles. The van der Waals surface area contributed by atoms with E-state index >= 15 is 0 Å². The van der Waals surface area contributed by atoms with Crippen molar-refractivity contribution in [2.75, 3.05) is 59.7 Å². The number of aliphatic hydroxyl groups excluding tert-OH is 3. The molecule has 1 fully saturated rings. The molecular formula is C28H41N3O8. The number of morpholine rings is 1. The second kappa shape index (κ2) is 13.6. The average molecular weight is 548 g/mol. The number of unbranched alkanes of at least 4 members (excludes halogenated alkanes) is 1. The van der Waals surface area contributed by atoms with E-state index in [1.165, 1.54) is 7.11 Å². The molecule has 11 heteroatoms. The Bertz CT molecular complexity index is 1040. The van der Waals surface area contributed by atoms with E-state index in [1.807, 2.05) is 6.92 Å². The lowest BCUT2D eigenvalue weighted by Gasteiger charge is -2.41. The van der Waals surface area contributed by atoms with Crippen molar-refractivity contribution in [3.05, 3.63) is 34.9 Å². The molecule has 0 aromatic heterocycles. The molecule has 2 amide bonds. The van der Waals surface area contributed by atoms with Gasteiger partial charge in [0, 0.05) is 50.3 Å². The highest BCUT2D eigenvalue weighted by molar-refractivity contribution is 5.96. The maximum absolute atomic E-state index is 13.5. The van der Waals surface area contributed by atoms with E-state index in [1.54, 1.807) is 23.1 Å². The topological polar surface area (TPSA) is 141 Å². The fourth-order valence-corrected chi connectivity index (χ4v) is 5.60. The molecule has 11 nitrogen and oxygen atoms in total. The molecule has 0 saturated carbocycles. The van der Waals surface area contributed by atoms with Crippen molar-refractivity contribution in [3.63, 3.8) is 0 Å². The van der Waals surface area contributed by atoms with Crippen molar-refractivity contribution in [1.29, 1.82) is 0 Å². The Hall–Kier alpha value is -2.70. The standard InChI is InChI=1S/C28H41N3O8/c1-3-4-5-23(34)31(8-7-30-9-12-38-13-10-30)21-16-20(28(36)29-6-11-32)24-19-14-18(17-33)15-22(37-2)26(19)39-27(24)25(21)35/h14-16,21,24-25,27,32-33,35H,3-13,17H2,1-2H3,(H,29,36)/t21-,24+,25+,27+/m1/s1. The number of hydrogen-bond donors (Lipinski definition) is 4. The molecule has 0 bridgehead atoms. The summed E-state index contributed by atoms with van der Waals surface area (Å²) in [5, 5.41) is 33.6. The first-order valence-corrected chi connectivity index (χ1v) is 13.8.